The van der Waals surface area contributed by atoms with Gasteiger partial charge < -0.3 is 10.1 Å². The van der Waals surface area contributed by atoms with Crippen LogP contribution in [0.15, 0.2) is 65.8 Å². The SMILES string of the molecule is COc1cccc2c1n(-c1ccc(-c3cncc4c3cnn4C)cc1)c(=O)n2CC(=O)NCC(F)(F)F. The molecule has 12 heteroatoms. The van der Waals surface area contributed by atoms with Crippen molar-refractivity contribution < 1.29 is 22.7 Å². The van der Waals surface area contributed by atoms with E-state index in [1.165, 1.54) is 11.7 Å². The number of hydrogen-bond acceptors (Lipinski definition) is 5. The van der Waals surface area contributed by atoms with E-state index >= 15 is 0 Å². The van der Waals surface area contributed by atoms with E-state index in [2.05, 4.69) is 10.1 Å². The molecule has 2 aromatic carbocycles. The molecule has 5 rings (SSSR count). The monoisotopic (exact) mass is 510 g/mol. The molecular weight excluding hydrogens is 489 g/mol. The highest BCUT2D eigenvalue weighted by Gasteiger charge is 2.28. The van der Waals surface area contributed by atoms with Gasteiger partial charge in [0.1, 0.15) is 24.4 Å². The standard InChI is InChI=1S/C25H21F3N6O3/c1-32-20-12-29-10-17(18(20)11-31-32)15-6-8-16(9-7-15)34-23-19(4-3-5-21(23)37-2)33(24(34)36)13-22(35)30-14-25(26,27)28/h3-12H,13-14H2,1-2H3,(H,30,35). The number of imidazole rings is 1. The van der Waals surface area contributed by atoms with Crippen molar-refractivity contribution in [3.05, 3.63) is 71.5 Å². The molecule has 3 heterocycles. The number of fused-ring (bicyclic) bond motifs is 2. The predicted molar refractivity (Wildman–Crippen MR) is 131 cm³/mol. The molecule has 0 unspecified atom stereocenters. The number of para-hydroxylation sites is 1. The summed E-state index contributed by atoms with van der Waals surface area (Å²) in [6, 6.07) is 12.1. The van der Waals surface area contributed by atoms with Gasteiger partial charge in [-0.05, 0) is 29.8 Å². The molecule has 0 aliphatic carbocycles. The molecular formula is C25H21F3N6O3. The Morgan fingerprint density at radius 2 is 1.81 bits per heavy atom. The second-order valence-corrected chi connectivity index (χ2v) is 8.36. The summed E-state index contributed by atoms with van der Waals surface area (Å²) >= 11 is 0. The highest BCUT2D eigenvalue weighted by molar-refractivity contribution is 5.94. The third-order valence-electron chi connectivity index (χ3n) is 6.03. The summed E-state index contributed by atoms with van der Waals surface area (Å²) in [5.74, 6) is -0.564. The smallest absolute Gasteiger partial charge is 0.405 e. The summed E-state index contributed by atoms with van der Waals surface area (Å²) < 4.78 is 47.3. The minimum absolute atomic E-state index is 0.347. The van der Waals surface area contributed by atoms with Gasteiger partial charge in [0.15, 0.2) is 0 Å². The van der Waals surface area contributed by atoms with Gasteiger partial charge in [-0.15, -0.1) is 0 Å². The summed E-state index contributed by atoms with van der Waals surface area (Å²) in [6.45, 7) is -2.07. The third-order valence-corrected chi connectivity index (χ3v) is 6.03. The molecule has 190 valence electrons. The van der Waals surface area contributed by atoms with Crippen LogP contribution in [0, 0.1) is 0 Å². The Kier molecular flexibility index (Phi) is 5.94. The fourth-order valence-electron chi connectivity index (χ4n) is 4.31. The second kappa shape index (κ2) is 9.12. The summed E-state index contributed by atoms with van der Waals surface area (Å²) in [4.78, 5) is 30.0. The number of halogens is 3. The van der Waals surface area contributed by atoms with Crippen LogP contribution in [0.5, 0.6) is 5.75 Å². The molecule has 0 fully saturated rings. The van der Waals surface area contributed by atoms with Crippen molar-refractivity contribution in [2.75, 3.05) is 13.7 Å². The van der Waals surface area contributed by atoms with Gasteiger partial charge >= 0.3 is 11.9 Å². The number of nitrogens with zero attached hydrogens (tertiary/aromatic N) is 5. The van der Waals surface area contributed by atoms with Crippen molar-refractivity contribution >= 4 is 27.8 Å². The number of carbonyl (C=O) groups excluding carboxylic acids is 1. The third kappa shape index (κ3) is 4.41. The number of nitrogens with one attached hydrogen (secondary N) is 1. The quantitative estimate of drug-likeness (QED) is 0.378. The lowest BCUT2D eigenvalue weighted by atomic mass is 10.0. The van der Waals surface area contributed by atoms with Crippen molar-refractivity contribution in [2.24, 2.45) is 7.05 Å². The lowest BCUT2D eigenvalue weighted by Crippen LogP contribution is -2.37. The molecule has 0 aliphatic rings. The first kappa shape index (κ1) is 24.1. The molecule has 0 bridgehead atoms. The van der Waals surface area contributed by atoms with Crippen molar-refractivity contribution in [1.82, 2.24) is 29.2 Å². The zero-order valence-corrected chi connectivity index (χ0v) is 19.8. The first-order chi connectivity index (χ1) is 17.7. The fraction of sp³-hybridized carbons (Fsp3) is 0.200. The molecule has 0 saturated heterocycles. The zero-order chi connectivity index (χ0) is 26.3. The van der Waals surface area contributed by atoms with Crippen LogP contribution in [0.4, 0.5) is 13.2 Å². The van der Waals surface area contributed by atoms with Crippen molar-refractivity contribution in [3.63, 3.8) is 0 Å². The van der Waals surface area contributed by atoms with E-state index in [0.29, 0.717) is 22.5 Å². The minimum atomic E-state index is -4.56. The number of ether oxygens (including phenoxy) is 1. The highest BCUT2D eigenvalue weighted by atomic mass is 19.4. The summed E-state index contributed by atoms with van der Waals surface area (Å²) in [7, 11) is 3.28. The van der Waals surface area contributed by atoms with E-state index < -0.39 is 30.9 Å². The number of pyridine rings is 1. The average Bonchev–Trinajstić information content (AvgIpc) is 3.39. The van der Waals surface area contributed by atoms with E-state index in [0.717, 1.165) is 26.6 Å². The number of aryl methyl sites for hydroxylation is 1. The van der Waals surface area contributed by atoms with Crippen LogP contribution in [0.1, 0.15) is 0 Å². The Bertz CT molecular complexity index is 1680. The summed E-state index contributed by atoms with van der Waals surface area (Å²) in [5.41, 5.74) is 3.22. The maximum absolute atomic E-state index is 13.5. The van der Waals surface area contributed by atoms with Crippen LogP contribution in [-0.2, 0) is 18.4 Å². The first-order valence-corrected chi connectivity index (χ1v) is 11.2. The molecule has 0 spiro atoms. The molecule has 5 aromatic rings. The van der Waals surface area contributed by atoms with E-state index in [1.807, 2.05) is 19.2 Å². The molecule has 0 saturated carbocycles. The lowest BCUT2D eigenvalue weighted by Gasteiger charge is -2.09. The normalized spacial score (nSPS) is 11.8. The Labute approximate surface area is 207 Å². The second-order valence-electron chi connectivity index (χ2n) is 8.36. The number of aromatic nitrogens is 5. The molecule has 1 amide bonds. The number of alkyl halides is 3. The van der Waals surface area contributed by atoms with Gasteiger partial charge in [-0.3, -0.25) is 23.6 Å². The van der Waals surface area contributed by atoms with Gasteiger partial charge in [0.2, 0.25) is 5.91 Å². The van der Waals surface area contributed by atoms with Gasteiger partial charge in [0, 0.05) is 24.2 Å². The lowest BCUT2D eigenvalue weighted by molar-refractivity contribution is -0.138. The number of methoxy groups -OCH3 is 1. The van der Waals surface area contributed by atoms with Gasteiger partial charge in [0.05, 0.1) is 36.2 Å². The number of hydrogen-bond donors (Lipinski definition) is 1. The van der Waals surface area contributed by atoms with Crippen LogP contribution in [0.2, 0.25) is 0 Å². The predicted octanol–water partition coefficient (Wildman–Crippen LogP) is 3.43. The highest BCUT2D eigenvalue weighted by Crippen LogP contribution is 2.30. The Hall–Kier alpha value is -4.61. The Morgan fingerprint density at radius 1 is 1.05 bits per heavy atom. The number of benzene rings is 2. The van der Waals surface area contributed by atoms with Crippen LogP contribution < -0.4 is 15.7 Å². The molecule has 3 aromatic heterocycles. The minimum Gasteiger partial charge on any atom is -0.494 e. The maximum Gasteiger partial charge on any atom is 0.405 e. The van der Waals surface area contributed by atoms with E-state index in [9.17, 15) is 22.8 Å². The zero-order valence-electron chi connectivity index (χ0n) is 19.8. The van der Waals surface area contributed by atoms with Crippen molar-refractivity contribution in [1.29, 1.82) is 0 Å². The molecule has 0 radical (unpaired) electrons. The van der Waals surface area contributed by atoms with E-state index in [4.69, 9.17) is 4.74 Å². The number of carbonyl (C=O) groups is 1. The van der Waals surface area contributed by atoms with Crippen molar-refractivity contribution in [2.45, 2.75) is 12.7 Å². The van der Waals surface area contributed by atoms with Crippen LogP contribution in [-0.4, -0.2) is 49.6 Å². The molecule has 0 atom stereocenters. The van der Waals surface area contributed by atoms with Gasteiger partial charge in [-0.2, -0.15) is 18.3 Å². The molecule has 1 N–H and O–H groups in total. The van der Waals surface area contributed by atoms with Gasteiger partial charge in [-0.1, -0.05) is 18.2 Å². The Balaban J connectivity index is 1.58. The number of amides is 1. The average molecular weight is 510 g/mol. The van der Waals surface area contributed by atoms with E-state index in [1.54, 1.807) is 58.9 Å². The summed E-state index contributed by atoms with van der Waals surface area (Å²) in [6.07, 6.45) is 0.660. The van der Waals surface area contributed by atoms with Crippen LogP contribution in [0.25, 0.3) is 38.8 Å². The number of rotatable bonds is 6. The maximum atomic E-state index is 13.5. The molecule has 37 heavy (non-hydrogen) atoms. The first-order valence-electron chi connectivity index (χ1n) is 11.2. The topological polar surface area (TPSA) is 96.0 Å². The van der Waals surface area contributed by atoms with Gasteiger partial charge in [0.25, 0.3) is 0 Å². The largest absolute Gasteiger partial charge is 0.494 e. The summed E-state index contributed by atoms with van der Waals surface area (Å²) in [5, 5.41) is 7.01. The Morgan fingerprint density at radius 3 is 2.51 bits per heavy atom. The van der Waals surface area contributed by atoms with Crippen molar-refractivity contribution in [3.8, 4) is 22.6 Å². The van der Waals surface area contributed by atoms with Crippen LogP contribution >= 0.6 is 0 Å². The fourth-order valence-corrected chi connectivity index (χ4v) is 4.31. The molecule has 9 nitrogen and oxygen atoms in total. The van der Waals surface area contributed by atoms with Crippen LogP contribution in [0.3, 0.4) is 0 Å². The molecule has 0 aliphatic heterocycles. The van der Waals surface area contributed by atoms with Gasteiger partial charge in [-0.25, -0.2) is 4.79 Å². The van der Waals surface area contributed by atoms with E-state index in [-0.39, 0.29) is 0 Å².